The van der Waals surface area contributed by atoms with Crippen molar-refractivity contribution in [3.8, 4) is 0 Å². The largest absolute Gasteiger partial charge is 0.480 e. The van der Waals surface area contributed by atoms with Gasteiger partial charge in [0.05, 0.1) is 10.8 Å². The minimum atomic E-state index is -1.21. The number of carbonyl (C=O) groups excluding carboxylic acids is 3. The van der Waals surface area contributed by atoms with Gasteiger partial charge in [0.1, 0.15) is 23.2 Å². The normalized spacial score (nSPS) is 18.1. The van der Waals surface area contributed by atoms with Crippen molar-refractivity contribution in [2.24, 2.45) is 0 Å². The lowest BCUT2D eigenvalue weighted by Crippen LogP contribution is -2.70. The molecule has 2 aliphatic heterocycles. The molecule has 17 heteroatoms. The van der Waals surface area contributed by atoms with E-state index in [2.05, 4.69) is 10.6 Å². The van der Waals surface area contributed by atoms with Crippen LogP contribution in [0.1, 0.15) is 6.42 Å². The summed E-state index contributed by atoms with van der Waals surface area (Å²) in [5.41, 5.74) is 0.512. The van der Waals surface area contributed by atoms with Crippen LogP contribution >= 0.6 is 70.2 Å². The Morgan fingerprint density at radius 2 is 1.84 bits per heavy atom. The molecule has 11 nitrogen and oxygen atoms in total. The molecule has 4 rings (SSSR count). The van der Waals surface area contributed by atoms with E-state index in [-0.39, 0.29) is 23.9 Å². The third-order valence-corrected chi connectivity index (χ3v) is 11.5. The number of nitrogens with one attached hydrogen (secondary N) is 2. The van der Waals surface area contributed by atoms with Gasteiger partial charge in [-0.25, -0.2) is 9.59 Å². The summed E-state index contributed by atoms with van der Waals surface area (Å²) in [4.78, 5) is 64.3. The van der Waals surface area contributed by atoms with Crippen LogP contribution in [0.4, 0.5) is 0 Å². The fourth-order valence-corrected chi connectivity index (χ4v) is 8.60. The molecule has 45 heavy (non-hydrogen) atoms. The van der Waals surface area contributed by atoms with Gasteiger partial charge in [-0.15, -0.1) is 35.3 Å². The molecule has 1 aromatic heterocycles. The molecule has 1 fully saturated rings. The Labute approximate surface area is 286 Å². The summed E-state index contributed by atoms with van der Waals surface area (Å²) in [5, 5.41) is 25.0. The Hall–Kier alpha value is -2.56. The quantitative estimate of drug-likeness (QED) is 0.121. The molecule has 0 bridgehead atoms. The van der Waals surface area contributed by atoms with Gasteiger partial charge in [0, 0.05) is 38.5 Å². The van der Waals surface area contributed by atoms with E-state index in [1.165, 1.54) is 51.9 Å². The molecule has 4 N–H and O–H groups in total. The van der Waals surface area contributed by atoms with Gasteiger partial charge in [-0.2, -0.15) is 16.3 Å². The first-order chi connectivity index (χ1) is 21.5. The number of pyridine rings is 1. The Morgan fingerprint density at radius 1 is 1.11 bits per heavy atom. The average Bonchev–Trinajstić information content (AvgIpc) is 3.01. The van der Waals surface area contributed by atoms with E-state index < -0.39 is 41.2 Å². The highest BCUT2D eigenvalue weighted by molar-refractivity contribution is 8.01. The number of hydrogen-bond acceptors (Lipinski definition) is 9. The molecule has 0 aliphatic carbocycles. The van der Waals surface area contributed by atoms with Crippen molar-refractivity contribution in [2.45, 2.75) is 40.2 Å². The molecule has 3 amide bonds. The van der Waals surface area contributed by atoms with E-state index >= 15 is 0 Å². The number of fused-ring (bicyclic) bond motifs is 1. The second-order valence-corrected chi connectivity index (χ2v) is 14.8. The molecule has 0 spiro atoms. The number of amides is 3. The molecule has 1 saturated heterocycles. The van der Waals surface area contributed by atoms with Crippen LogP contribution in [-0.2, 0) is 30.5 Å². The van der Waals surface area contributed by atoms with Gasteiger partial charge in [-0.3, -0.25) is 19.3 Å². The molecule has 3 atom stereocenters. The fraction of sp³-hybridized carbons (Fsp3) is 0.357. The maximum Gasteiger partial charge on any atom is 0.352 e. The van der Waals surface area contributed by atoms with Crippen molar-refractivity contribution in [2.75, 3.05) is 29.3 Å². The second-order valence-electron chi connectivity index (χ2n) is 9.81. The van der Waals surface area contributed by atoms with Crippen LogP contribution < -0.4 is 15.2 Å². The third kappa shape index (κ3) is 9.26. The van der Waals surface area contributed by atoms with Gasteiger partial charge >= 0.3 is 11.9 Å². The van der Waals surface area contributed by atoms with E-state index in [1.54, 1.807) is 47.3 Å². The Kier molecular flexibility index (Phi) is 12.8. The van der Waals surface area contributed by atoms with Crippen molar-refractivity contribution in [3.05, 3.63) is 64.0 Å². The number of halogens is 2. The lowest BCUT2D eigenvalue weighted by Gasteiger charge is -2.49. The first kappa shape index (κ1) is 35.3. The third-order valence-electron chi connectivity index (χ3n) is 6.66. The van der Waals surface area contributed by atoms with E-state index in [1.807, 2.05) is 6.26 Å². The zero-order valence-corrected chi connectivity index (χ0v) is 28.5. The minimum Gasteiger partial charge on any atom is -0.480 e. The van der Waals surface area contributed by atoms with Crippen molar-refractivity contribution >= 4 is 99.9 Å². The Bertz CT molecular complexity index is 1510. The number of carbonyl (C=O) groups is 5. The summed E-state index contributed by atoms with van der Waals surface area (Å²) in [6.45, 7) is -0.0534. The highest BCUT2D eigenvalue weighted by atomic mass is 35.5. The Morgan fingerprint density at radius 3 is 2.51 bits per heavy atom. The number of nitrogens with zero attached hydrogens (tertiary/aromatic N) is 2. The summed E-state index contributed by atoms with van der Waals surface area (Å²) in [6.07, 6.45) is 5.56. The summed E-state index contributed by atoms with van der Waals surface area (Å²) >= 11 is 17.6. The first-order valence-corrected chi connectivity index (χ1v) is 18.6. The smallest absolute Gasteiger partial charge is 0.352 e. The van der Waals surface area contributed by atoms with Crippen LogP contribution in [0.5, 0.6) is 0 Å². The average molecular weight is 733 g/mol. The topological polar surface area (TPSA) is 157 Å². The van der Waals surface area contributed by atoms with E-state index in [9.17, 15) is 34.2 Å². The first-order valence-electron chi connectivity index (χ1n) is 13.4. The van der Waals surface area contributed by atoms with Crippen LogP contribution in [0.15, 0.2) is 63.8 Å². The lowest BCUT2D eigenvalue weighted by molar-refractivity contribution is -0.684. The lowest BCUT2D eigenvalue weighted by atomic mass is 10.0. The van der Waals surface area contributed by atoms with Gasteiger partial charge in [0.25, 0.3) is 11.8 Å². The standard InChI is InChI=1S/C28H28Cl2N4O7S4/c1-42-9-6-19(27(38)39)31-21(35)11-33-7-4-17(5-8-33)43-12-15-13-45-26-23(25(37)34(26)24(15)28(40)41)32-22(36)14-44-20-10-16(29)2-3-18(20)30/h2-5,7-8,10,19,23,26H,6,9,11-14H2,1H3,(H3-,31,32,35,36,38,39,40,41)/p+1/t19?,23-,26+/m0/s1. The molecule has 1 aromatic carbocycles. The number of benzene rings is 1. The molecule has 240 valence electrons. The molecule has 2 aromatic rings. The fourth-order valence-electron chi connectivity index (χ4n) is 4.46. The number of aromatic nitrogens is 1. The predicted molar refractivity (Wildman–Crippen MR) is 177 cm³/mol. The maximum atomic E-state index is 13.0. The Balaban J connectivity index is 1.31. The van der Waals surface area contributed by atoms with E-state index in [0.717, 1.165) is 4.90 Å². The molecule has 3 heterocycles. The van der Waals surface area contributed by atoms with Crippen LogP contribution in [0, 0.1) is 0 Å². The van der Waals surface area contributed by atoms with Crippen LogP contribution in [0.2, 0.25) is 10.0 Å². The van der Waals surface area contributed by atoms with Crippen molar-refractivity contribution < 1.29 is 38.8 Å². The summed E-state index contributed by atoms with van der Waals surface area (Å²) in [7, 11) is 0. The van der Waals surface area contributed by atoms with Crippen LogP contribution in [-0.4, -0.2) is 91.5 Å². The summed E-state index contributed by atoms with van der Waals surface area (Å²) < 4.78 is 1.62. The molecule has 0 saturated carbocycles. The van der Waals surface area contributed by atoms with E-state index in [4.69, 9.17) is 23.2 Å². The van der Waals surface area contributed by atoms with Crippen LogP contribution in [0.3, 0.4) is 0 Å². The van der Waals surface area contributed by atoms with Crippen molar-refractivity contribution in [3.63, 3.8) is 0 Å². The second kappa shape index (κ2) is 16.3. The predicted octanol–water partition coefficient (Wildman–Crippen LogP) is 3.23. The van der Waals surface area contributed by atoms with Gasteiger partial charge < -0.3 is 20.8 Å². The minimum absolute atomic E-state index is 0.00748. The molecular formula is C28H29Cl2N4O7S4+. The zero-order chi connectivity index (χ0) is 32.7. The number of thioether (sulfide) groups is 4. The highest BCUT2D eigenvalue weighted by Crippen LogP contribution is 2.41. The monoisotopic (exact) mass is 731 g/mol. The van der Waals surface area contributed by atoms with Gasteiger partial charge in [-0.1, -0.05) is 23.2 Å². The summed E-state index contributed by atoms with van der Waals surface area (Å²) in [6, 6.07) is 6.69. The zero-order valence-electron chi connectivity index (χ0n) is 23.7. The van der Waals surface area contributed by atoms with Gasteiger partial charge in [0.15, 0.2) is 12.4 Å². The number of β-lactam (4-membered cyclic amide) rings is 1. The number of aliphatic carboxylic acids is 2. The highest BCUT2D eigenvalue weighted by Gasteiger charge is 2.54. The maximum absolute atomic E-state index is 13.0. The number of carboxylic acids is 2. The van der Waals surface area contributed by atoms with Crippen molar-refractivity contribution in [1.29, 1.82) is 0 Å². The molecule has 0 radical (unpaired) electrons. The van der Waals surface area contributed by atoms with Gasteiger partial charge in [-0.05, 0) is 42.2 Å². The van der Waals surface area contributed by atoms with Crippen LogP contribution in [0.25, 0.3) is 0 Å². The van der Waals surface area contributed by atoms with Gasteiger partial charge in [0.2, 0.25) is 12.5 Å². The summed E-state index contributed by atoms with van der Waals surface area (Å²) in [5.74, 6) is -2.27. The molecule has 2 aliphatic rings. The number of carboxylic acid groups (broad SMARTS) is 2. The molecular weight excluding hydrogens is 704 g/mol. The number of rotatable bonds is 15. The SMILES string of the molecule is CSCCC(NC(=O)C[n+]1ccc(SCC2=C(C(=O)O)N3C(=O)[C@H](NC(=O)CSc4cc(Cl)ccc4Cl)[C@H]3SC2)cc1)C(=O)O. The number of hydrogen-bond donors (Lipinski definition) is 4. The molecule has 1 unspecified atom stereocenters. The van der Waals surface area contributed by atoms with E-state index in [0.29, 0.717) is 44.2 Å². The van der Waals surface area contributed by atoms with Crippen molar-refractivity contribution in [1.82, 2.24) is 15.5 Å².